The minimum Gasteiger partial charge on any atom is -0.230 e. The molecular formula is C13H15ClF2N4. The number of alkyl halides is 3. The Kier molecular flexibility index (Phi) is 2.80. The number of aromatic nitrogens is 4. The third kappa shape index (κ3) is 2.37. The Hall–Kier alpha value is -1.30. The van der Waals surface area contributed by atoms with Gasteiger partial charge in [-0.1, -0.05) is 20.8 Å². The van der Waals surface area contributed by atoms with E-state index < -0.39 is 11.1 Å². The molecule has 0 aliphatic heterocycles. The van der Waals surface area contributed by atoms with Crippen LogP contribution in [0.15, 0.2) is 6.07 Å². The Morgan fingerprint density at radius 3 is 2.40 bits per heavy atom. The molecule has 0 spiro atoms. The number of halogens is 3. The molecule has 0 aromatic carbocycles. The van der Waals surface area contributed by atoms with Gasteiger partial charge in [0.2, 0.25) is 0 Å². The molecule has 4 nitrogen and oxygen atoms in total. The molecule has 2 heterocycles. The Bertz CT molecular complexity index is 665. The van der Waals surface area contributed by atoms with Crippen LogP contribution in [0.3, 0.4) is 0 Å². The fourth-order valence-electron chi connectivity index (χ4n) is 1.98. The van der Waals surface area contributed by atoms with Crippen molar-refractivity contribution in [1.82, 2.24) is 19.6 Å². The molecule has 0 amide bonds. The molecule has 1 fully saturated rings. The molecule has 0 bridgehead atoms. The molecular weight excluding hydrogens is 286 g/mol. The average Bonchev–Trinajstić information content (AvgIpc) is 3.03. The van der Waals surface area contributed by atoms with Gasteiger partial charge in [-0.05, 0) is 24.4 Å². The topological polar surface area (TPSA) is 43.1 Å². The van der Waals surface area contributed by atoms with Crippen molar-refractivity contribution >= 4 is 17.2 Å². The highest BCUT2D eigenvalue weighted by Gasteiger charge is 2.36. The van der Waals surface area contributed by atoms with E-state index in [2.05, 4.69) is 15.1 Å². The van der Waals surface area contributed by atoms with Crippen LogP contribution in [0.4, 0.5) is 8.78 Å². The summed E-state index contributed by atoms with van der Waals surface area (Å²) in [7, 11) is 0. The molecule has 0 radical (unpaired) electrons. The average molecular weight is 301 g/mol. The molecule has 0 atom stereocenters. The van der Waals surface area contributed by atoms with Gasteiger partial charge in [-0.15, -0.1) is 5.10 Å². The van der Waals surface area contributed by atoms with Gasteiger partial charge in [0.1, 0.15) is 11.5 Å². The third-order valence-electron chi connectivity index (χ3n) is 3.25. The van der Waals surface area contributed by atoms with Crippen LogP contribution in [0, 0.1) is 0 Å². The summed E-state index contributed by atoms with van der Waals surface area (Å²) in [5, 5.41) is 0.937. The standard InChI is InChI=1S/C13H15ClF2N4/c1-12(2,3)11-18-9-6-8(13(14,15)16)17-10(7-4-5-7)20(9)19-11/h6-7H,4-5H2,1-3H3. The van der Waals surface area contributed by atoms with Gasteiger partial charge in [-0.3, -0.25) is 0 Å². The fraction of sp³-hybridized carbons (Fsp3) is 0.615. The normalized spacial score (nSPS) is 16.9. The van der Waals surface area contributed by atoms with Crippen molar-refractivity contribution in [3.05, 3.63) is 23.4 Å². The van der Waals surface area contributed by atoms with Crippen LogP contribution in [-0.4, -0.2) is 19.6 Å². The molecule has 0 N–H and O–H groups in total. The van der Waals surface area contributed by atoms with E-state index in [4.69, 9.17) is 11.6 Å². The summed E-state index contributed by atoms with van der Waals surface area (Å²) < 4.78 is 28.2. The summed E-state index contributed by atoms with van der Waals surface area (Å²) >= 11 is 5.10. The van der Waals surface area contributed by atoms with Crippen molar-refractivity contribution < 1.29 is 8.78 Å². The van der Waals surface area contributed by atoms with E-state index in [1.807, 2.05) is 20.8 Å². The van der Waals surface area contributed by atoms with Crippen LogP contribution in [0.5, 0.6) is 0 Å². The molecule has 2 aromatic heterocycles. The summed E-state index contributed by atoms with van der Waals surface area (Å²) in [5.41, 5.74) is -0.334. The van der Waals surface area contributed by atoms with Gasteiger partial charge < -0.3 is 0 Å². The van der Waals surface area contributed by atoms with E-state index in [9.17, 15) is 8.78 Å². The molecule has 7 heteroatoms. The summed E-state index contributed by atoms with van der Waals surface area (Å²) in [5.74, 6) is 1.31. The van der Waals surface area contributed by atoms with Gasteiger partial charge in [-0.25, -0.2) is 9.97 Å². The van der Waals surface area contributed by atoms with E-state index >= 15 is 0 Å². The van der Waals surface area contributed by atoms with Crippen molar-refractivity contribution in [3.63, 3.8) is 0 Å². The van der Waals surface area contributed by atoms with Gasteiger partial charge in [0.15, 0.2) is 11.5 Å². The predicted molar refractivity (Wildman–Crippen MR) is 71.2 cm³/mol. The molecule has 1 aliphatic rings. The zero-order chi connectivity index (χ0) is 14.7. The van der Waals surface area contributed by atoms with E-state index in [0.29, 0.717) is 17.3 Å². The van der Waals surface area contributed by atoms with Crippen LogP contribution in [-0.2, 0) is 10.8 Å². The first-order valence-electron chi connectivity index (χ1n) is 6.51. The van der Waals surface area contributed by atoms with Crippen LogP contribution in [0.2, 0.25) is 0 Å². The molecule has 108 valence electrons. The highest BCUT2D eigenvalue weighted by atomic mass is 35.5. The highest BCUT2D eigenvalue weighted by Crippen LogP contribution is 2.41. The zero-order valence-corrected chi connectivity index (χ0v) is 12.2. The van der Waals surface area contributed by atoms with Crippen LogP contribution in [0.1, 0.15) is 56.9 Å². The smallest absolute Gasteiger partial charge is 0.230 e. The van der Waals surface area contributed by atoms with Crippen molar-refractivity contribution in [2.45, 2.75) is 50.3 Å². The number of hydrogen-bond acceptors (Lipinski definition) is 3. The predicted octanol–water partition coefficient (Wildman–Crippen LogP) is 3.59. The highest BCUT2D eigenvalue weighted by molar-refractivity contribution is 6.21. The molecule has 0 unspecified atom stereocenters. The number of hydrogen-bond donors (Lipinski definition) is 0. The number of fused-ring (bicyclic) bond motifs is 1. The van der Waals surface area contributed by atoms with Crippen molar-refractivity contribution in [2.75, 3.05) is 0 Å². The summed E-state index contributed by atoms with van der Waals surface area (Å²) in [6.07, 6.45) is 1.87. The molecule has 1 aliphatic carbocycles. The van der Waals surface area contributed by atoms with Crippen LogP contribution < -0.4 is 0 Å². The van der Waals surface area contributed by atoms with Gasteiger partial charge in [0.25, 0.3) is 0 Å². The summed E-state index contributed by atoms with van der Waals surface area (Å²) in [6, 6.07) is 1.21. The van der Waals surface area contributed by atoms with Crippen LogP contribution >= 0.6 is 11.6 Å². The lowest BCUT2D eigenvalue weighted by Gasteiger charge is -2.12. The Labute approximate surface area is 120 Å². The van der Waals surface area contributed by atoms with Gasteiger partial charge in [0, 0.05) is 17.4 Å². The third-order valence-corrected chi connectivity index (χ3v) is 3.45. The lowest BCUT2D eigenvalue weighted by Crippen LogP contribution is -2.14. The lowest BCUT2D eigenvalue weighted by molar-refractivity contribution is 0.0896. The first-order chi connectivity index (χ1) is 9.16. The maximum Gasteiger partial charge on any atom is 0.364 e. The Balaban J connectivity index is 2.24. The minimum absolute atomic E-state index is 0.172. The van der Waals surface area contributed by atoms with Crippen molar-refractivity contribution in [3.8, 4) is 0 Å². The molecule has 2 aromatic rings. The minimum atomic E-state index is -3.49. The maximum absolute atomic E-state index is 13.3. The quantitative estimate of drug-likeness (QED) is 0.796. The van der Waals surface area contributed by atoms with E-state index in [0.717, 1.165) is 12.8 Å². The summed E-state index contributed by atoms with van der Waals surface area (Å²) in [6.45, 7) is 5.93. The first-order valence-corrected chi connectivity index (χ1v) is 6.89. The van der Waals surface area contributed by atoms with Crippen molar-refractivity contribution in [2.24, 2.45) is 0 Å². The monoisotopic (exact) mass is 300 g/mol. The number of rotatable bonds is 2. The molecule has 20 heavy (non-hydrogen) atoms. The van der Waals surface area contributed by atoms with Gasteiger partial charge in [0.05, 0.1) is 0 Å². The van der Waals surface area contributed by atoms with Crippen LogP contribution in [0.25, 0.3) is 5.65 Å². The second-order valence-corrected chi connectivity index (χ2v) is 6.70. The number of nitrogens with zero attached hydrogens (tertiary/aromatic N) is 4. The fourth-order valence-corrected chi connectivity index (χ4v) is 2.08. The molecule has 1 saturated carbocycles. The van der Waals surface area contributed by atoms with Gasteiger partial charge >= 0.3 is 5.38 Å². The van der Waals surface area contributed by atoms with E-state index in [-0.39, 0.29) is 11.3 Å². The Morgan fingerprint density at radius 1 is 1.25 bits per heavy atom. The van der Waals surface area contributed by atoms with Crippen molar-refractivity contribution in [1.29, 1.82) is 0 Å². The largest absolute Gasteiger partial charge is 0.364 e. The second-order valence-electron chi connectivity index (χ2n) is 6.23. The van der Waals surface area contributed by atoms with E-state index in [1.54, 1.807) is 4.52 Å². The zero-order valence-electron chi connectivity index (χ0n) is 11.5. The Morgan fingerprint density at radius 2 is 1.90 bits per heavy atom. The molecule has 3 rings (SSSR count). The lowest BCUT2D eigenvalue weighted by atomic mass is 9.96. The molecule has 0 saturated heterocycles. The SMILES string of the molecule is CC(C)(C)c1nc2cc(C(F)(F)Cl)nc(C3CC3)n2n1. The summed E-state index contributed by atoms with van der Waals surface area (Å²) in [4.78, 5) is 8.36. The maximum atomic E-state index is 13.3. The second kappa shape index (κ2) is 4.10. The first kappa shape index (κ1) is 13.7. The van der Waals surface area contributed by atoms with Gasteiger partial charge in [-0.2, -0.15) is 13.3 Å². The van der Waals surface area contributed by atoms with E-state index in [1.165, 1.54) is 6.07 Å².